The number of hydrogen-bond acceptors (Lipinski definition) is 1. The van der Waals surface area contributed by atoms with Gasteiger partial charge < -0.3 is 5.73 Å². The van der Waals surface area contributed by atoms with Gasteiger partial charge >= 0.3 is 0 Å². The quantitative estimate of drug-likeness (QED) is 0.213. The molecule has 127 valence electrons. The maximum Gasteiger partial charge on any atom is 0 e. The van der Waals surface area contributed by atoms with Crippen LogP contribution in [0.4, 0.5) is 0 Å². The Morgan fingerprint density at radius 2 is 0.700 bits per heavy atom. The van der Waals surface area contributed by atoms with Crippen LogP contribution in [0.3, 0.4) is 0 Å². The van der Waals surface area contributed by atoms with Gasteiger partial charge in [-0.05, 0) is 13.0 Å². The van der Waals surface area contributed by atoms with E-state index < -0.39 is 0 Å². The van der Waals surface area contributed by atoms with E-state index in [1.54, 1.807) is 0 Å². The predicted octanol–water partition coefficient (Wildman–Crippen LogP) is 6.20. The van der Waals surface area contributed by atoms with Gasteiger partial charge in [-0.1, -0.05) is 103 Å². The number of rotatable bonds is 16. The third kappa shape index (κ3) is 21.0. The van der Waals surface area contributed by atoms with Crippen molar-refractivity contribution in [3.63, 3.8) is 0 Å². The van der Waals surface area contributed by atoms with Gasteiger partial charge in [-0.3, -0.25) is 0 Å². The molecule has 0 aromatic carbocycles. The van der Waals surface area contributed by atoms with E-state index in [1.807, 2.05) is 0 Å². The van der Waals surface area contributed by atoms with Gasteiger partial charge in [0.05, 0.1) is 0 Å². The molecule has 2 N–H and O–H groups in total. The van der Waals surface area contributed by atoms with E-state index in [2.05, 4.69) is 6.92 Å². The van der Waals surface area contributed by atoms with E-state index in [4.69, 9.17) is 5.73 Å². The average Bonchev–Trinajstić information content (AvgIpc) is 2.43. The van der Waals surface area contributed by atoms with Gasteiger partial charge in [-0.15, -0.1) is 0 Å². The van der Waals surface area contributed by atoms with Crippen LogP contribution in [0.1, 0.15) is 110 Å². The molecule has 20 heavy (non-hydrogen) atoms. The molecule has 0 saturated heterocycles. The van der Waals surface area contributed by atoms with Gasteiger partial charge in [0.15, 0.2) is 0 Å². The van der Waals surface area contributed by atoms with Crippen molar-refractivity contribution in [3.8, 4) is 0 Å². The normalized spacial score (nSPS) is 10.5. The van der Waals surface area contributed by atoms with Crippen LogP contribution >= 0.6 is 0 Å². The van der Waals surface area contributed by atoms with Gasteiger partial charge in [-0.2, -0.15) is 0 Å². The molecule has 0 saturated carbocycles. The second kappa shape index (κ2) is 22.0. The van der Waals surface area contributed by atoms with Crippen LogP contribution in [0, 0.1) is 0 Å². The van der Waals surface area contributed by atoms with E-state index in [0.29, 0.717) is 0 Å². The van der Waals surface area contributed by atoms with Crippen molar-refractivity contribution in [2.45, 2.75) is 110 Å². The molecule has 0 aliphatic heterocycles. The monoisotopic (exact) mass is 466 g/mol. The SMILES string of the molecule is CCCCCCCCCCCCCCCCCCN.[Au]. The smallest absolute Gasteiger partial charge is 0 e. The first kappa shape index (κ1) is 23.0. The van der Waals surface area contributed by atoms with Crippen molar-refractivity contribution in [1.82, 2.24) is 0 Å². The molecule has 0 aliphatic carbocycles. The van der Waals surface area contributed by atoms with Crippen molar-refractivity contribution >= 4 is 0 Å². The molecule has 0 aromatic heterocycles. The molecule has 0 bridgehead atoms. The van der Waals surface area contributed by atoms with Crippen LogP contribution in [0.5, 0.6) is 0 Å². The molecule has 1 radical (unpaired) electrons. The number of nitrogens with two attached hydrogens (primary N) is 1. The summed E-state index contributed by atoms with van der Waals surface area (Å²) in [5.74, 6) is 0. The summed E-state index contributed by atoms with van der Waals surface area (Å²) in [6.07, 6.45) is 22.9. The van der Waals surface area contributed by atoms with Gasteiger partial charge in [0, 0.05) is 22.4 Å². The summed E-state index contributed by atoms with van der Waals surface area (Å²) in [5.41, 5.74) is 5.48. The Kier molecular flexibility index (Phi) is 25.3. The summed E-state index contributed by atoms with van der Waals surface area (Å²) in [4.78, 5) is 0. The molecular weight excluding hydrogens is 427 g/mol. The first-order chi connectivity index (χ1) is 9.41. The van der Waals surface area contributed by atoms with Crippen molar-refractivity contribution in [2.75, 3.05) is 6.54 Å². The first-order valence-corrected chi connectivity index (χ1v) is 9.12. The van der Waals surface area contributed by atoms with Crippen molar-refractivity contribution in [2.24, 2.45) is 5.73 Å². The Hall–Kier alpha value is 0.700. The third-order valence-corrected chi connectivity index (χ3v) is 4.06. The fourth-order valence-corrected chi connectivity index (χ4v) is 2.69. The van der Waals surface area contributed by atoms with Crippen LogP contribution in [0.15, 0.2) is 0 Å². The minimum absolute atomic E-state index is 0. The van der Waals surface area contributed by atoms with Crippen LogP contribution in [0.25, 0.3) is 0 Å². The maximum atomic E-state index is 5.48. The van der Waals surface area contributed by atoms with E-state index in [9.17, 15) is 0 Å². The number of hydrogen-bond donors (Lipinski definition) is 1. The first-order valence-electron chi connectivity index (χ1n) is 9.12. The summed E-state index contributed by atoms with van der Waals surface area (Å²) in [5, 5.41) is 0. The van der Waals surface area contributed by atoms with Crippen LogP contribution in [0.2, 0.25) is 0 Å². The summed E-state index contributed by atoms with van der Waals surface area (Å²) >= 11 is 0. The van der Waals surface area contributed by atoms with E-state index in [1.165, 1.54) is 103 Å². The van der Waals surface area contributed by atoms with Gasteiger partial charge in [0.25, 0.3) is 0 Å². The third-order valence-electron chi connectivity index (χ3n) is 4.06. The fourth-order valence-electron chi connectivity index (χ4n) is 2.69. The zero-order chi connectivity index (χ0) is 14.0. The topological polar surface area (TPSA) is 26.0 Å². The Bertz CT molecular complexity index is 134. The largest absolute Gasteiger partial charge is 0.330 e. The zero-order valence-corrected chi connectivity index (χ0v) is 16.1. The van der Waals surface area contributed by atoms with Crippen LogP contribution < -0.4 is 5.73 Å². The molecule has 0 atom stereocenters. The molecule has 0 aromatic rings. The summed E-state index contributed by atoms with van der Waals surface area (Å²) in [6.45, 7) is 3.16. The second-order valence-corrected chi connectivity index (χ2v) is 6.09. The van der Waals surface area contributed by atoms with Gasteiger partial charge in [0.2, 0.25) is 0 Å². The summed E-state index contributed by atoms with van der Waals surface area (Å²) < 4.78 is 0. The van der Waals surface area contributed by atoms with Crippen LogP contribution in [-0.4, -0.2) is 6.54 Å². The Labute approximate surface area is 144 Å². The van der Waals surface area contributed by atoms with Gasteiger partial charge in [-0.25, -0.2) is 0 Å². The zero-order valence-electron chi connectivity index (χ0n) is 13.9. The molecule has 2 heteroatoms. The predicted molar refractivity (Wildman–Crippen MR) is 88.6 cm³/mol. The van der Waals surface area contributed by atoms with Crippen molar-refractivity contribution in [1.29, 1.82) is 0 Å². The molecule has 0 spiro atoms. The molecule has 0 heterocycles. The maximum absolute atomic E-state index is 5.48. The van der Waals surface area contributed by atoms with Crippen molar-refractivity contribution in [3.05, 3.63) is 0 Å². The summed E-state index contributed by atoms with van der Waals surface area (Å²) in [7, 11) is 0. The van der Waals surface area contributed by atoms with Crippen molar-refractivity contribution < 1.29 is 22.4 Å². The average molecular weight is 466 g/mol. The molecule has 0 rings (SSSR count). The minimum atomic E-state index is 0. The summed E-state index contributed by atoms with van der Waals surface area (Å²) in [6, 6.07) is 0. The Morgan fingerprint density at radius 1 is 0.450 bits per heavy atom. The molecular formula is C18H39AuN. The minimum Gasteiger partial charge on any atom is -0.330 e. The molecule has 0 fully saturated rings. The Balaban J connectivity index is 0. The molecule has 0 aliphatic rings. The van der Waals surface area contributed by atoms with E-state index in [-0.39, 0.29) is 22.4 Å². The van der Waals surface area contributed by atoms with Crippen LogP contribution in [-0.2, 0) is 22.4 Å². The second-order valence-electron chi connectivity index (χ2n) is 6.09. The number of unbranched alkanes of at least 4 members (excludes halogenated alkanes) is 15. The van der Waals surface area contributed by atoms with Gasteiger partial charge in [0.1, 0.15) is 0 Å². The Morgan fingerprint density at radius 3 is 0.950 bits per heavy atom. The standard InChI is InChI=1S/C18H39N.Au/c1-2-3-4-5-6-7-8-9-10-11-12-13-14-15-16-17-18-19;/h2-19H2,1H3;. The fraction of sp³-hybridized carbons (Fsp3) is 1.00. The van der Waals surface area contributed by atoms with E-state index in [0.717, 1.165) is 6.54 Å². The molecule has 0 amide bonds. The molecule has 0 unspecified atom stereocenters. The van der Waals surface area contributed by atoms with E-state index >= 15 is 0 Å². The molecule has 1 nitrogen and oxygen atoms in total.